The summed E-state index contributed by atoms with van der Waals surface area (Å²) < 4.78 is 0. The molecule has 5 heteroatoms. The smallest absolute Gasteiger partial charge is 0.335 e. The molecule has 1 atom stereocenters. The Morgan fingerprint density at radius 3 is 2.82 bits per heavy atom. The molecule has 0 fully saturated rings. The van der Waals surface area contributed by atoms with Crippen LogP contribution in [0, 0.1) is 6.92 Å². The number of nitrogens with one attached hydrogen (secondary N) is 1. The highest BCUT2D eigenvalue weighted by Crippen LogP contribution is 2.12. The van der Waals surface area contributed by atoms with Gasteiger partial charge in [0.25, 0.3) is 0 Å². The molecule has 3 N–H and O–H groups in total. The van der Waals surface area contributed by atoms with E-state index in [2.05, 4.69) is 10.3 Å². The van der Waals surface area contributed by atoms with Crippen molar-refractivity contribution in [1.29, 1.82) is 0 Å². The number of carbonyl (C=O) groups is 1. The van der Waals surface area contributed by atoms with Gasteiger partial charge < -0.3 is 15.5 Å². The van der Waals surface area contributed by atoms with Crippen LogP contribution in [0.15, 0.2) is 12.1 Å². The van der Waals surface area contributed by atoms with Gasteiger partial charge in [-0.25, -0.2) is 9.78 Å². The SMILES string of the molecule is Cc1cc(C(=O)O)cc(NC(C)CCCO)n1. The van der Waals surface area contributed by atoms with E-state index in [9.17, 15) is 4.79 Å². The molecule has 0 radical (unpaired) electrons. The van der Waals surface area contributed by atoms with Crippen molar-refractivity contribution in [2.45, 2.75) is 32.7 Å². The summed E-state index contributed by atoms with van der Waals surface area (Å²) in [5, 5.41) is 20.8. The molecule has 5 nitrogen and oxygen atoms in total. The van der Waals surface area contributed by atoms with Crippen molar-refractivity contribution in [2.75, 3.05) is 11.9 Å². The highest BCUT2D eigenvalue weighted by Gasteiger charge is 2.08. The number of carboxylic acid groups (broad SMARTS) is 1. The minimum Gasteiger partial charge on any atom is -0.478 e. The number of aryl methyl sites for hydroxylation is 1. The van der Waals surface area contributed by atoms with Crippen molar-refractivity contribution < 1.29 is 15.0 Å². The van der Waals surface area contributed by atoms with E-state index in [-0.39, 0.29) is 18.2 Å². The topological polar surface area (TPSA) is 82.5 Å². The summed E-state index contributed by atoms with van der Waals surface area (Å²) >= 11 is 0. The molecule has 0 aliphatic carbocycles. The number of carboxylic acids is 1. The Bertz CT molecular complexity index is 393. The van der Waals surface area contributed by atoms with Gasteiger partial charge in [0, 0.05) is 18.3 Å². The second-order valence-corrected chi connectivity index (χ2v) is 4.10. The third-order valence-electron chi connectivity index (χ3n) is 2.39. The van der Waals surface area contributed by atoms with E-state index in [1.807, 2.05) is 6.92 Å². The molecule has 0 aliphatic rings. The molecule has 1 unspecified atom stereocenters. The maximum atomic E-state index is 10.9. The molecule has 0 bridgehead atoms. The molecule has 94 valence electrons. The maximum absolute atomic E-state index is 10.9. The zero-order valence-corrected chi connectivity index (χ0v) is 10.1. The van der Waals surface area contributed by atoms with Gasteiger partial charge in [-0.15, -0.1) is 0 Å². The van der Waals surface area contributed by atoms with Crippen LogP contribution in [0.4, 0.5) is 5.82 Å². The fourth-order valence-electron chi connectivity index (χ4n) is 1.59. The summed E-state index contributed by atoms with van der Waals surface area (Å²) in [6.07, 6.45) is 1.53. The van der Waals surface area contributed by atoms with E-state index in [1.54, 1.807) is 6.92 Å². The zero-order valence-electron chi connectivity index (χ0n) is 10.1. The van der Waals surface area contributed by atoms with Crippen molar-refractivity contribution >= 4 is 11.8 Å². The predicted octanol–water partition coefficient (Wildman–Crippen LogP) is 1.66. The molecule has 0 aliphatic heterocycles. The van der Waals surface area contributed by atoms with E-state index in [0.717, 1.165) is 6.42 Å². The number of hydrogen-bond acceptors (Lipinski definition) is 4. The van der Waals surface area contributed by atoms with E-state index in [0.29, 0.717) is 17.9 Å². The molecule has 0 saturated carbocycles. The summed E-state index contributed by atoms with van der Waals surface area (Å²) in [5.74, 6) is -0.394. The van der Waals surface area contributed by atoms with Crippen molar-refractivity contribution in [1.82, 2.24) is 4.98 Å². The number of rotatable bonds is 6. The number of aromatic carboxylic acids is 1. The van der Waals surface area contributed by atoms with Gasteiger partial charge in [0.05, 0.1) is 5.56 Å². The molecule has 1 rings (SSSR count). The van der Waals surface area contributed by atoms with E-state index in [1.165, 1.54) is 12.1 Å². The van der Waals surface area contributed by atoms with Gasteiger partial charge in [0.1, 0.15) is 5.82 Å². The average Bonchev–Trinajstić information content (AvgIpc) is 2.25. The van der Waals surface area contributed by atoms with Crippen LogP contribution in [0.5, 0.6) is 0 Å². The minimum absolute atomic E-state index is 0.151. The first kappa shape index (κ1) is 13.4. The maximum Gasteiger partial charge on any atom is 0.335 e. The van der Waals surface area contributed by atoms with Crippen LogP contribution in [0.2, 0.25) is 0 Å². The second-order valence-electron chi connectivity index (χ2n) is 4.10. The lowest BCUT2D eigenvalue weighted by molar-refractivity contribution is 0.0696. The number of hydrogen-bond donors (Lipinski definition) is 3. The van der Waals surface area contributed by atoms with Crippen molar-refractivity contribution in [3.63, 3.8) is 0 Å². The Labute approximate surface area is 101 Å². The Kier molecular flexibility index (Phi) is 4.90. The quantitative estimate of drug-likeness (QED) is 0.702. The molecule has 17 heavy (non-hydrogen) atoms. The minimum atomic E-state index is -0.957. The van der Waals surface area contributed by atoms with Crippen molar-refractivity contribution in [3.8, 4) is 0 Å². The van der Waals surface area contributed by atoms with Gasteiger partial charge in [0.2, 0.25) is 0 Å². The summed E-state index contributed by atoms with van der Waals surface area (Å²) in [5.41, 5.74) is 0.899. The van der Waals surface area contributed by atoms with Crippen LogP contribution in [-0.4, -0.2) is 33.8 Å². The highest BCUT2D eigenvalue weighted by atomic mass is 16.4. The lowest BCUT2D eigenvalue weighted by atomic mass is 10.2. The second kappa shape index (κ2) is 6.20. The Morgan fingerprint density at radius 2 is 2.24 bits per heavy atom. The molecule has 1 heterocycles. The summed E-state index contributed by atoms with van der Waals surface area (Å²) in [4.78, 5) is 15.1. The Balaban J connectivity index is 2.73. The molecule has 1 aromatic heterocycles. The first-order chi connectivity index (χ1) is 8.02. The molecular weight excluding hydrogens is 220 g/mol. The number of pyridine rings is 1. The largest absolute Gasteiger partial charge is 0.478 e. The number of aromatic nitrogens is 1. The van der Waals surface area contributed by atoms with Crippen molar-refractivity contribution in [3.05, 3.63) is 23.4 Å². The number of nitrogens with zero attached hydrogens (tertiary/aromatic N) is 1. The monoisotopic (exact) mass is 238 g/mol. The Morgan fingerprint density at radius 1 is 1.53 bits per heavy atom. The number of anilines is 1. The highest BCUT2D eigenvalue weighted by molar-refractivity contribution is 5.88. The normalized spacial score (nSPS) is 12.2. The molecule has 0 aromatic carbocycles. The molecule has 0 amide bonds. The Hall–Kier alpha value is -1.62. The van der Waals surface area contributed by atoms with Gasteiger partial charge in [-0.2, -0.15) is 0 Å². The lowest BCUT2D eigenvalue weighted by Crippen LogP contribution is -2.17. The van der Waals surface area contributed by atoms with Gasteiger partial charge >= 0.3 is 5.97 Å². The van der Waals surface area contributed by atoms with Crippen LogP contribution < -0.4 is 5.32 Å². The summed E-state index contributed by atoms with van der Waals surface area (Å²) in [6, 6.07) is 3.20. The third-order valence-corrected chi connectivity index (χ3v) is 2.39. The first-order valence-corrected chi connectivity index (χ1v) is 5.62. The standard InChI is InChI=1S/C12H18N2O3/c1-8(4-3-5-15)13-11-7-10(12(16)17)6-9(2)14-11/h6-8,15H,3-5H2,1-2H3,(H,13,14)(H,16,17). The number of aliphatic hydroxyl groups excluding tert-OH is 1. The van der Waals surface area contributed by atoms with E-state index in [4.69, 9.17) is 10.2 Å². The van der Waals surface area contributed by atoms with E-state index >= 15 is 0 Å². The third kappa shape index (κ3) is 4.40. The molecular formula is C12H18N2O3. The predicted molar refractivity (Wildman–Crippen MR) is 65.3 cm³/mol. The fraction of sp³-hybridized carbons (Fsp3) is 0.500. The van der Waals surface area contributed by atoms with Gasteiger partial charge in [-0.05, 0) is 38.8 Å². The van der Waals surface area contributed by atoms with Gasteiger partial charge in [-0.3, -0.25) is 0 Å². The summed E-state index contributed by atoms with van der Waals surface area (Å²) in [6.45, 7) is 3.89. The van der Waals surface area contributed by atoms with Crippen LogP contribution in [0.25, 0.3) is 0 Å². The molecule has 1 aromatic rings. The first-order valence-electron chi connectivity index (χ1n) is 5.62. The lowest BCUT2D eigenvalue weighted by Gasteiger charge is -2.14. The van der Waals surface area contributed by atoms with E-state index < -0.39 is 5.97 Å². The van der Waals surface area contributed by atoms with Crippen LogP contribution >= 0.6 is 0 Å². The fourth-order valence-corrected chi connectivity index (χ4v) is 1.59. The van der Waals surface area contributed by atoms with Crippen molar-refractivity contribution in [2.24, 2.45) is 0 Å². The average molecular weight is 238 g/mol. The van der Waals surface area contributed by atoms with Crippen LogP contribution in [0.1, 0.15) is 35.8 Å². The molecule has 0 spiro atoms. The molecule has 0 saturated heterocycles. The van der Waals surface area contributed by atoms with Crippen LogP contribution in [0.3, 0.4) is 0 Å². The number of aliphatic hydroxyl groups is 1. The van der Waals surface area contributed by atoms with Gasteiger partial charge in [-0.1, -0.05) is 0 Å². The van der Waals surface area contributed by atoms with Crippen LogP contribution in [-0.2, 0) is 0 Å². The summed E-state index contributed by atoms with van der Waals surface area (Å²) in [7, 11) is 0. The zero-order chi connectivity index (χ0) is 12.8. The van der Waals surface area contributed by atoms with Gasteiger partial charge in [0.15, 0.2) is 0 Å².